The quantitative estimate of drug-likeness (QED) is 0.209. The van der Waals surface area contributed by atoms with Gasteiger partial charge in [0.1, 0.15) is 11.7 Å². The summed E-state index contributed by atoms with van der Waals surface area (Å²) in [7, 11) is 0. The van der Waals surface area contributed by atoms with E-state index in [0.717, 1.165) is 33.3 Å². The third-order valence-corrected chi connectivity index (χ3v) is 9.90. The topological polar surface area (TPSA) is 22.4 Å². The van der Waals surface area contributed by atoms with Crippen molar-refractivity contribution in [2.45, 2.75) is 12.0 Å². The average molecular weight is 565 g/mol. The molecule has 6 aromatic rings. The molecule has 4 unspecified atom stereocenters. The van der Waals surface area contributed by atoms with E-state index < -0.39 is 0 Å². The molecular formula is C42H28O2. The Bertz CT molecular complexity index is 2390. The van der Waals surface area contributed by atoms with Crippen molar-refractivity contribution in [3.63, 3.8) is 0 Å². The van der Waals surface area contributed by atoms with Gasteiger partial charge in [-0.3, -0.25) is 0 Å². The molecule has 0 amide bonds. The molecule has 1 aliphatic heterocycles. The van der Waals surface area contributed by atoms with E-state index in [9.17, 15) is 0 Å². The van der Waals surface area contributed by atoms with Crippen LogP contribution in [0.4, 0.5) is 0 Å². The van der Waals surface area contributed by atoms with Crippen molar-refractivity contribution in [2.24, 2.45) is 11.8 Å². The molecule has 10 rings (SSSR count). The van der Waals surface area contributed by atoms with Gasteiger partial charge in [-0.2, -0.15) is 0 Å². The normalized spacial score (nSPS) is 23.1. The molecule has 3 aliphatic carbocycles. The zero-order valence-corrected chi connectivity index (χ0v) is 24.0. The largest absolute Gasteiger partial charge is 0.481 e. The predicted molar refractivity (Wildman–Crippen MR) is 181 cm³/mol. The van der Waals surface area contributed by atoms with Crippen LogP contribution in [0.5, 0.6) is 5.75 Å². The van der Waals surface area contributed by atoms with Crippen LogP contribution in [0.2, 0.25) is 0 Å². The first-order valence-corrected chi connectivity index (χ1v) is 15.5. The van der Waals surface area contributed by atoms with Gasteiger partial charge in [0.15, 0.2) is 11.3 Å². The number of fused-ring (bicyclic) bond motifs is 12. The Morgan fingerprint density at radius 2 is 1.32 bits per heavy atom. The van der Waals surface area contributed by atoms with Gasteiger partial charge in [0, 0.05) is 34.1 Å². The molecule has 2 nitrogen and oxygen atoms in total. The summed E-state index contributed by atoms with van der Waals surface area (Å²) >= 11 is 0. The van der Waals surface area contributed by atoms with Crippen LogP contribution in [-0.4, -0.2) is 6.10 Å². The van der Waals surface area contributed by atoms with Crippen molar-refractivity contribution in [3.05, 3.63) is 162 Å². The third kappa shape index (κ3) is 3.48. The van der Waals surface area contributed by atoms with Gasteiger partial charge in [0.25, 0.3) is 0 Å². The summed E-state index contributed by atoms with van der Waals surface area (Å²) in [5.41, 5.74) is 7.78. The Kier molecular flexibility index (Phi) is 4.98. The summed E-state index contributed by atoms with van der Waals surface area (Å²) < 4.78 is 13.6. The van der Waals surface area contributed by atoms with E-state index in [4.69, 9.17) is 9.15 Å². The summed E-state index contributed by atoms with van der Waals surface area (Å²) in [4.78, 5) is 0. The average Bonchev–Trinajstić information content (AvgIpc) is 3.66. The SMILES string of the molecule is C1=CC2C=CC(C3=CC4Oc5c(c6ccccc6c6c5oc5cc(-c7ccc8ccccc8c7)ccc56)C4C=C3)=CC2C=C1. The highest BCUT2D eigenvalue weighted by molar-refractivity contribution is 6.22. The lowest BCUT2D eigenvalue weighted by Gasteiger charge is -2.25. The van der Waals surface area contributed by atoms with Gasteiger partial charge in [-0.1, -0.05) is 121 Å². The molecule has 1 aromatic heterocycles. The molecule has 0 radical (unpaired) electrons. The summed E-state index contributed by atoms with van der Waals surface area (Å²) in [6.07, 6.45) is 22.7. The maximum absolute atomic E-state index is 6.85. The first kappa shape index (κ1) is 24.1. The zero-order chi connectivity index (χ0) is 28.8. The van der Waals surface area contributed by atoms with Gasteiger partial charge in [0.2, 0.25) is 0 Å². The first-order chi connectivity index (χ1) is 21.8. The Morgan fingerprint density at radius 3 is 2.25 bits per heavy atom. The van der Waals surface area contributed by atoms with Gasteiger partial charge in [-0.15, -0.1) is 0 Å². The molecule has 4 aliphatic rings. The van der Waals surface area contributed by atoms with Crippen LogP contribution in [0.1, 0.15) is 11.5 Å². The summed E-state index contributed by atoms with van der Waals surface area (Å²) in [5.74, 6) is 1.88. The lowest BCUT2D eigenvalue weighted by Crippen LogP contribution is -2.19. The van der Waals surface area contributed by atoms with Gasteiger partial charge in [-0.05, 0) is 68.1 Å². The monoisotopic (exact) mass is 564 g/mol. The first-order valence-electron chi connectivity index (χ1n) is 15.5. The predicted octanol–water partition coefficient (Wildman–Crippen LogP) is 10.8. The van der Waals surface area contributed by atoms with Crippen LogP contribution < -0.4 is 4.74 Å². The van der Waals surface area contributed by atoms with Crippen LogP contribution in [0.15, 0.2) is 161 Å². The number of rotatable bonds is 2. The number of ether oxygens (including phenoxy) is 1. The molecule has 0 spiro atoms. The van der Waals surface area contributed by atoms with E-state index in [-0.39, 0.29) is 12.0 Å². The Labute approximate surface area is 255 Å². The molecule has 0 fully saturated rings. The van der Waals surface area contributed by atoms with E-state index in [0.29, 0.717) is 11.8 Å². The van der Waals surface area contributed by atoms with Crippen molar-refractivity contribution in [3.8, 4) is 16.9 Å². The molecule has 2 heterocycles. The molecule has 0 saturated carbocycles. The Hall–Kier alpha value is -5.34. The number of hydrogen-bond acceptors (Lipinski definition) is 2. The molecule has 208 valence electrons. The van der Waals surface area contributed by atoms with Crippen LogP contribution in [0.3, 0.4) is 0 Å². The minimum absolute atomic E-state index is 0.0748. The fraction of sp³-hybridized carbons (Fsp3) is 0.0952. The third-order valence-electron chi connectivity index (χ3n) is 9.90. The minimum atomic E-state index is -0.0748. The van der Waals surface area contributed by atoms with Crippen molar-refractivity contribution in [2.75, 3.05) is 0 Å². The van der Waals surface area contributed by atoms with Crippen molar-refractivity contribution < 1.29 is 9.15 Å². The van der Waals surface area contributed by atoms with Gasteiger partial charge in [0.05, 0.1) is 0 Å². The highest BCUT2D eigenvalue weighted by Crippen LogP contribution is 2.53. The summed E-state index contributed by atoms with van der Waals surface area (Å²) in [5, 5.41) is 7.19. The highest BCUT2D eigenvalue weighted by atomic mass is 16.5. The van der Waals surface area contributed by atoms with Gasteiger partial charge in [-0.25, -0.2) is 0 Å². The molecule has 2 heteroatoms. The molecule has 5 aromatic carbocycles. The smallest absolute Gasteiger partial charge is 0.178 e. The van der Waals surface area contributed by atoms with Crippen molar-refractivity contribution in [1.82, 2.24) is 0 Å². The zero-order valence-electron chi connectivity index (χ0n) is 24.0. The van der Waals surface area contributed by atoms with E-state index in [1.807, 2.05) is 0 Å². The van der Waals surface area contributed by atoms with Crippen LogP contribution in [0, 0.1) is 11.8 Å². The van der Waals surface area contributed by atoms with E-state index in [1.54, 1.807) is 0 Å². The second-order valence-corrected chi connectivity index (χ2v) is 12.4. The minimum Gasteiger partial charge on any atom is -0.481 e. The summed E-state index contributed by atoms with van der Waals surface area (Å²) in [6, 6.07) is 30.5. The number of benzene rings is 5. The Morgan fingerprint density at radius 1 is 0.568 bits per heavy atom. The lowest BCUT2D eigenvalue weighted by molar-refractivity contribution is 0.268. The lowest BCUT2D eigenvalue weighted by atomic mass is 9.79. The van der Waals surface area contributed by atoms with E-state index in [1.165, 1.54) is 43.8 Å². The van der Waals surface area contributed by atoms with E-state index >= 15 is 0 Å². The highest BCUT2D eigenvalue weighted by Gasteiger charge is 2.38. The van der Waals surface area contributed by atoms with Crippen LogP contribution in [-0.2, 0) is 0 Å². The molecule has 0 bridgehead atoms. The molecule has 0 N–H and O–H groups in total. The van der Waals surface area contributed by atoms with Crippen molar-refractivity contribution in [1.29, 1.82) is 0 Å². The van der Waals surface area contributed by atoms with Gasteiger partial charge < -0.3 is 9.15 Å². The maximum Gasteiger partial charge on any atom is 0.178 e. The number of furan rings is 1. The molecule has 44 heavy (non-hydrogen) atoms. The second kappa shape index (κ2) is 9.08. The van der Waals surface area contributed by atoms with Crippen LogP contribution >= 0.6 is 0 Å². The summed E-state index contributed by atoms with van der Waals surface area (Å²) in [6.45, 7) is 0. The van der Waals surface area contributed by atoms with Gasteiger partial charge >= 0.3 is 0 Å². The maximum atomic E-state index is 6.85. The van der Waals surface area contributed by atoms with Crippen molar-refractivity contribution >= 4 is 43.5 Å². The molecule has 0 saturated heterocycles. The Balaban J connectivity index is 1.10. The fourth-order valence-electron chi connectivity index (χ4n) is 7.72. The second-order valence-electron chi connectivity index (χ2n) is 12.4. The molecular weight excluding hydrogens is 536 g/mol. The van der Waals surface area contributed by atoms with Crippen LogP contribution in [0.25, 0.3) is 54.6 Å². The number of hydrogen-bond donors (Lipinski definition) is 0. The number of allylic oxidation sites excluding steroid dienone is 10. The molecule has 4 atom stereocenters. The fourth-order valence-corrected chi connectivity index (χ4v) is 7.72. The van der Waals surface area contributed by atoms with E-state index in [2.05, 4.69) is 146 Å². The standard InChI is InChI=1S/C42H28O2/c1-3-9-27-21-29(15-13-25(27)7-1)31-17-19-35-37(23-31)43-41-39(35)33-11-5-6-12-34(33)40-36-20-18-32(24-38(36)44-42(40)41)30-16-14-26-8-2-4-10-28(26)22-30/h1-25,27,35,37H.